The minimum atomic E-state index is -0.799. The number of benzene rings is 1. The van der Waals surface area contributed by atoms with Gasteiger partial charge in [-0.05, 0) is 31.2 Å². The molecule has 1 atom stereocenters. The first-order valence-electron chi connectivity index (χ1n) is 6.73. The first kappa shape index (κ1) is 13.9. The summed E-state index contributed by atoms with van der Waals surface area (Å²) in [6, 6.07) is 11.3. The fourth-order valence-electron chi connectivity index (χ4n) is 2.03. The lowest BCUT2D eigenvalue weighted by molar-refractivity contribution is -0.119. The highest BCUT2D eigenvalue weighted by molar-refractivity contribution is 5.92. The van der Waals surface area contributed by atoms with Gasteiger partial charge in [-0.25, -0.2) is 4.98 Å². The third kappa shape index (κ3) is 2.56. The molecule has 1 N–H and O–H groups in total. The number of amides is 1. The topological polar surface area (TPSA) is 89.8 Å². The molecule has 0 radical (unpaired) electrons. The summed E-state index contributed by atoms with van der Waals surface area (Å²) < 4.78 is 1.07. The van der Waals surface area contributed by atoms with Crippen LogP contribution in [0, 0.1) is 0 Å². The molecule has 1 unspecified atom stereocenters. The third-order valence-electron chi connectivity index (χ3n) is 3.25. The molecule has 2 heterocycles. The highest BCUT2D eigenvalue weighted by Gasteiger charge is 2.19. The Balaban J connectivity index is 1.92. The second-order valence-electron chi connectivity index (χ2n) is 4.74. The van der Waals surface area contributed by atoms with Gasteiger partial charge < -0.3 is 5.32 Å². The van der Waals surface area contributed by atoms with Gasteiger partial charge in [0.15, 0.2) is 0 Å². The molecule has 3 aromatic rings. The summed E-state index contributed by atoms with van der Waals surface area (Å²) in [7, 11) is 0. The number of nitrogens with one attached hydrogen (secondary N) is 1. The number of carbonyl (C=O) groups excluding carboxylic acids is 1. The molecule has 7 nitrogen and oxygen atoms in total. The van der Waals surface area contributed by atoms with Crippen molar-refractivity contribution in [1.29, 1.82) is 0 Å². The molecule has 1 amide bonds. The minimum absolute atomic E-state index is 0.353. The van der Waals surface area contributed by atoms with E-state index in [1.807, 2.05) is 0 Å². The minimum Gasteiger partial charge on any atom is -0.309 e. The van der Waals surface area contributed by atoms with E-state index in [9.17, 15) is 9.59 Å². The van der Waals surface area contributed by atoms with Gasteiger partial charge in [-0.3, -0.25) is 9.59 Å². The lowest BCUT2D eigenvalue weighted by atomic mass is 10.2. The quantitative estimate of drug-likeness (QED) is 0.788. The number of fused-ring (bicyclic) bond motifs is 1. The lowest BCUT2D eigenvalue weighted by Gasteiger charge is -2.13. The summed E-state index contributed by atoms with van der Waals surface area (Å²) in [5, 5.41) is 10.9. The van der Waals surface area contributed by atoms with Gasteiger partial charge >= 0.3 is 0 Å². The number of hydrogen-bond donors (Lipinski definition) is 1. The Hall–Kier alpha value is -3.09. The predicted molar refractivity (Wildman–Crippen MR) is 81.4 cm³/mol. The Kier molecular flexibility index (Phi) is 3.61. The summed E-state index contributed by atoms with van der Waals surface area (Å²) in [5.74, 6) is 0.0338. The fourth-order valence-corrected chi connectivity index (χ4v) is 2.03. The number of carbonyl (C=O) groups is 1. The van der Waals surface area contributed by atoms with Crippen molar-refractivity contribution in [2.24, 2.45) is 0 Å². The van der Waals surface area contributed by atoms with Crippen molar-refractivity contribution in [3.63, 3.8) is 0 Å². The molecule has 0 aliphatic heterocycles. The molecule has 110 valence electrons. The van der Waals surface area contributed by atoms with Gasteiger partial charge in [0.2, 0.25) is 5.91 Å². The van der Waals surface area contributed by atoms with Crippen molar-refractivity contribution < 1.29 is 4.79 Å². The van der Waals surface area contributed by atoms with Gasteiger partial charge in [-0.2, -0.15) is 4.68 Å². The van der Waals surface area contributed by atoms with Gasteiger partial charge in [0.25, 0.3) is 5.56 Å². The van der Waals surface area contributed by atoms with Crippen LogP contribution in [0.1, 0.15) is 13.0 Å². The number of rotatable bonds is 3. The van der Waals surface area contributed by atoms with E-state index in [0.717, 1.165) is 4.68 Å². The average Bonchev–Trinajstić information content (AvgIpc) is 2.56. The second-order valence-corrected chi connectivity index (χ2v) is 4.74. The zero-order valence-corrected chi connectivity index (χ0v) is 11.8. The zero-order chi connectivity index (χ0) is 15.5. The van der Waals surface area contributed by atoms with Crippen LogP contribution >= 0.6 is 0 Å². The first-order valence-corrected chi connectivity index (χ1v) is 6.73. The van der Waals surface area contributed by atoms with Gasteiger partial charge in [-0.1, -0.05) is 23.4 Å². The summed E-state index contributed by atoms with van der Waals surface area (Å²) in [6.07, 6.45) is 1.57. The van der Waals surface area contributed by atoms with E-state index in [2.05, 4.69) is 20.6 Å². The molecule has 0 aliphatic carbocycles. The molecule has 0 saturated carbocycles. The molecule has 22 heavy (non-hydrogen) atoms. The first-order chi connectivity index (χ1) is 10.7. The maximum atomic E-state index is 12.4. The highest BCUT2D eigenvalue weighted by Crippen LogP contribution is 2.09. The fraction of sp³-hybridized carbons (Fsp3) is 0.133. The molecule has 3 rings (SSSR count). The Morgan fingerprint density at radius 2 is 1.95 bits per heavy atom. The van der Waals surface area contributed by atoms with Gasteiger partial charge in [0.1, 0.15) is 17.4 Å². The van der Waals surface area contributed by atoms with Gasteiger partial charge in [0.05, 0.1) is 5.39 Å². The molecule has 0 spiro atoms. The summed E-state index contributed by atoms with van der Waals surface area (Å²) >= 11 is 0. The molecule has 0 bridgehead atoms. The van der Waals surface area contributed by atoms with E-state index >= 15 is 0 Å². The average molecular weight is 295 g/mol. The molecular weight excluding hydrogens is 282 g/mol. The smallest absolute Gasteiger partial charge is 0.278 e. The van der Waals surface area contributed by atoms with E-state index in [-0.39, 0.29) is 11.5 Å². The standard InChI is InChI=1S/C15H13N5O2/c1-10(14(21)17-13-8-4-5-9-16-13)20-15(22)11-6-2-3-7-12(11)18-19-20/h2-10H,1H3,(H,16,17,21). The van der Waals surface area contributed by atoms with Crippen molar-refractivity contribution in [2.45, 2.75) is 13.0 Å². The normalized spacial score (nSPS) is 12.0. The van der Waals surface area contributed by atoms with Crippen LogP contribution in [0.3, 0.4) is 0 Å². The molecule has 0 fully saturated rings. The van der Waals surface area contributed by atoms with Crippen LogP contribution in [0.4, 0.5) is 5.82 Å². The number of pyridine rings is 1. The van der Waals surface area contributed by atoms with E-state index in [1.165, 1.54) is 0 Å². The Bertz CT molecular complexity index is 876. The predicted octanol–water partition coefficient (Wildman–Crippen LogP) is 1.39. The molecule has 7 heteroatoms. The van der Waals surface area contributed by atoms with E-state index < -0.39 is 6.04 Å². The lowest BCUT2D eigenvalue weighted by Crippen LogP contribution is -2.34. The molecule has 0 aliphatic rings. The maximum Gasteiger partial charge on any atom is 0.278 e. The number of nitrogens with zero attached hydrogens (tertiary/aromatic N) is 4. The van der Waals surface area contributed by atoms with Crippen LogP contribution < -0.4 is 10.9 Å². The van der Waals surface area contributed by atoms with E-state index in [0.29, 0.717) is 16.7 Å². The van der Waals surface area contributed by atoms with Gasteiger partial charge in [0, 0.05) is 6.20 Å². The number of aromatic nitrogens is 4. The van der Waals surface area contributed by atoms with Gasteiger partial charge in [-0.15, -0.1) is 5.10 Å². The van der Waals surface area contributed by atoms with E-state index in [1.54, 1.807) is 55.6 Å². The Morgan fingerprint density at radius 1 is 1.18 bits per heavy atom. The zero-order valence-electron chi connectivity index (χ0n) is 11.8. The van der Waals surface area contributed by atoms with Crippen molar-refractivity contribution in [3.05, 3.63) is 59.0 Å². The number of anilines is 1. The van der Waals surface area contributed by atoms with Crippen molar-refractivity contribution in [1.82, 2.24) is 20.0 Å². The third-order valence-corrected chi connectivity index (χ3v) is 3.25. The monoisotopic (exact) mass is 295 g/mol. The molecule has 2 aromatic heterocycles. The highest BCUT2D eigenvalue weighted by atomic mass is 16.2. The summed E-state index contributed by atoms with van der Waals surface area (Å²) in [4.78, 5) is 28.6. The Labute approximate surface area is 125 Å². The Morgan fingerprint density at radius 3 is 2.73 bits per heavy atom. The van der Waals surface area contributed by atoms with Crippen molar-refractivity contribution in [2.75, 3.05) is 5.32 Å². The molecule has 0 saturated heterocycles. The number of hydrogen-bond acceptors (Lipinski definition) is 5. The van der Waals surface area contributed by atoms with E-state index in [4.69, 9.17) is 0 Å². The summed E-state index contributed by atoms with van der Waals surface area (Å²) in [6.45, 7) is 1.59. The van der Waals surface area contributed by atoms with Crippen LogP contribution in [-0.2, 0) is 4.79 Å². The molecular formula is C15H13N5O2. The van der Waals surface area contributed by atoms with Crippen molar-refractivity contribution in [3.8, 4) is 0 Å². The van der Waals surface area contributed by atoms with Crippen LogP contribution in [0.15, 0.2) is 53.5 Å². The van der Waals surface area contributed by atoms with Crippen LogP contribution in [-0.4, -0.2) is 25.9 Å². The molecule has 1 aromatic carbocycles. The SMILES string of the molecule is CC(C(=O)Nc1ccccn1)n1nnc2ccccc2c1=O. The van der Waals surface area contributed by atoms with Crippen LogP contribution in [0.25, 0.3) is 10.9 Å². The van der Waals surface area contributed by atoms with Crippen LogP contribution in [0.2, 0.25) is 0 Å². The summed E-state index contributed by atoms with van der Waals surface area (Å²) in [5.41, 5.74) is 0.148. The second kappa shape index (κ2) is 5.72. The maximum absolute atomic E-state index is 12.4. The largest absolute Gasteiger partial charge is 0.309 e. The van der Waals surface area contributed by atoms with Crippen LogP contribution in [0.5, 0.6) is 0 Å². The van der Waals surface area contributed by atoms with Crippen molar-refractivity contribution >= 4 is 22.6 Å².